The number of ether oxygens (including phenoxy) is 1. The van der Waals surface area contributed by atoms with Crippen LogP contribution in [0.3, 0.4) is 0 Å². The summed E-state index contributed by atoms with van der Waals surface area (Å²) < 4.78 is 7.18. The number of fused-ring (bicyclic) bond motifs is 3. The molecule has 4 nitrogen and oxygen atoms in total. The summed E-state index contributed by atoms with van der Waals surface area (Å²) in [5, 5.41) is 1.09. The summed E-state index contributed by atoms with van der Waals surface area (Å²) in [7, 11) is 0. The molecule has 11 aromatic rings. The molecule has 1 aliphatic rings. The molecule has 0 radical (unpaired) electrons. The molecule has 0 amide bonds. The summed E-state index contributed by atoms with van der Waals surface area (Å²) in [6.45, 7) is 0. The lowest BCUT2D eigenvalue weighted by molar-refractivity contribution is 0.435. The van der Waals surface area contributed by atoms with Gasteiger partial charge in [-0.15, -0.1) is 0 Å². The van der Waals surface area contributed by atoms with Crippen molar-refractivity contribution in [2.75, 3.05) is 0 Å². The van der Waals surface area contributed by atoms with Crippen molar-refractivity contribution in [3.05, 3.63) is 271 Å². The third kappa shape index (κ3) is 6.84. The zero-order valence-corrected chi connectivity index (χ0v) is 35.9. The van der Waals surface area contributed by atoms with Gasteiger partial charge in [0, 0.05) is 45.0 Å². The van der Waals surface area contributed by atoms with Crippen LogP contribution in [0.25, 0.3) is 78.2 Å². The number of benzene rings is 9. The molecule has 0 saturated heterocycles. The fourth-order valence-electron chi connectivity index (χ4n) is 9.71. The third-order valence-electron chi connectivity index (χ3n) is 12.9. The van der Waals surface area contributed by atoms with Crippen molar-refractivity contribution in [1.29, 1.82) is 0 Å². The highest BCUT2D eigenvalue weighted by molar-refractivity contribution is 5.94. The Hall–Kier alpha value is -8.73. The van der Waals surface area contributed by atoms with Gasteiger partial charge in [0.25, 0.3) is 0 Å². The maximum Gasteiger partial charge on any atom is 0.160 e. The lowest BCUT2D eigenvalue weighted by Crippen LogP contribution is -2.34. The second kappa shape index (κ2) is 16.4. The summed E-state index contributed by atoms with van der Waals surface area (Å²) in [5.74, 6) is 2.14. The number of hydrogen-bond donors (Lipinski definition) is 0. The van der Waals surface area contributed by atoms with E-state index in [1.54, 1.807) is 0 Å². The van der Waals surface area contributed by atoms with Crippen LogP contribution in [0.4, 0.5) is 0 Å². The molecule has 0 bridgehead atoms. The molecular formula is C62H41N3O. The average Bonchev–Trinajstić information content (AvgIpc) is 3.40. The molecule has 3 heterocycles. The monoisotopic (exact) mass is 843 g/mol. The summed E-state index contributed by atoms with van der Waals surface area (Å²) in [5.41, 5.74) is 15.9. The van der Waals surface area contributed by atoms with E-state index in [1.165, 1.54) is 11.1 Å². The van der Waals surface area contributed by atoms with Crippen LogP contribution < -0.4 is 4.74 Å². The molecule has 0 saturated carbocycles. The zero-order valence-electron chi connectivity index (χ0n) is 35.9. The standard InChI is InChI=1S/C62H41N3O/c1-5-15-42(16-6-1)44-26-30-46(31-27-44)56-41-57(47-32-28-45(29-33-47)43-17-7-2-8-18-43)65-61(64-56)50-35-37-55-59(40-50)66-58-39-49(53-25-13-19-48-20-14-38-63-60(48)53)34-36-54(58)62(55,51-21-9-3-10-22-51)52-23-11-4-12-24-52/h1-41H. The van der Waals surface area contributed by atoms with E-state index in [0.717, 1.165) is 95.0 Å². The van der Waals surface area contributed by atoms with E-state index in [2.05, 4.69) is 224 Å². The first-order valence-electron chi connectivity index (χ1n) is 22.3. The molecule has 0 fully saturated rings. The van der Waals surface area contributed by atoms with Crippen molar-refractivity contribution in [1.82, 2.24) is 15.0 Å². The summed E-state index contributed by atoms with van der Waals surface area (Å²) in [6.07, 6.45) is 1.86. The smallest absolute Gasteiger partial charge is 0.160 e. The minimum Gasteiger partial charge on any atom is -0.457 e. The molecule has 0 spiro atoms. The van der Waals surface area contributed by atoms with E-state index in [-0.39, 0.29) is 0 Å². The number of para-hydroxylation sites is 1. The molecule has 1 aliphatic heterocycles. The Morgan fingerprint density at radius 1 is 0.333 bits per heavy atom. The number of rotatable bonds is 8. The van der Waals surface area contributed by atoms with Crippen LogP contribution in [0.5, 0.6) is 11.5 Å². The summed E-state index contributed by atoms with van der Waals surface area (Å²) in [4.78, 5) is 15.5. The average molecular weight is 844 g/mol. The largest absolute Gasteiger partial charge is 0.457 e. The van der Waals surface area contributed by atoms with Crippen molar-refractivity contribution >= 4 is 10.9 Å². The molecule has 0 unspecified atom stereocenters. The van der Waals surface area contributed by atoms with Gasteiger partial charge < -0.3 is 4.74 Å². The van der Waals surface area contributed by atoms with Crippen LogP contribution in [0.15, 0.2) is 249 Å². The SMILES string of the molecule is c1ccc(-c2ccc(-c3cc(-c4ccc(-c5ccccc5)cc4)nc(-c4ccc5c(c4)Oc4cc(-c6cccc7cccnc67)ccc4C5(c4ccccc4)c4ccccc4)n3)cc2)cc1. The highest BCUT2D eigenvalue weighted by Gasteiger charge is 2.45. The molecule has 9 aromatic carbocycles. The normalized spacial score (nSPS) is 12.5. The third-order valence-corrected chi connectivity index (χ3v) is 12.9. The minimum absolute atomic E-state index is 0.611. The second-order valence-corrected chi connectivity index (χ2v) is 16.7. The van der Waals surface area contributed by atoms with Gasteiger partial charge in [0.15, 0.2) is 5.82 Å². The molecule has 12 rings (SSSR count). The van der Waals surface area contributed by atoms with Crippen molar-refractivity contribution < 1.29 is 4.74 Å². The molecule has 0 N–H and O–H groups in total. The maximum absolute atomic E-state index is 7.18. The summed E-state index contributed by atoms with van der Waals surface area (Å²) in [6, 6.07) is 85.4. The van der Waals surface area contributed by atoms with E-state index in [0.29, 0.717) is 5.82 Å². The van der Waals surface area contributed by atoms with E-state index >= 15 is 0 Å². The van der Waals surface area contributed by atoms with E-state index in [4.69, 9.17) is 19.7 Å². The Kier molecular flexibility index (Phi) is 9.69. The number of pyridine rings is 1. The van der Waals surface area contributed by atoms with Crippen LogP contribution in [0.2, 0.25) is 0 Å². The Morgan fingerprint density at radius 3 is 1.32 bits per heavy atom. The van der Waals surface area contributed by atoms with Crippen LogP contribution in [0, 0.1) is 0 Å². The first kappa shape index (κ1) is 38.9. The molecule has 66 heavy (non-hydrogen) atoms. The van der Waals surface area contributed by atoms with Crippen LogP contribution in [-0.2, 0) is 5.41 Å². The van der Waals surface area contributed by atoms with Crippen molar-refractivity contribution in [3.63, 3.8) is 0 Å². The number of nitrogens with zero attached hydrogens (tertiary/aromatic N) is 3. The van der Waals surface area contributed by atoms with Gasteiger partial charge in [0.05, 0.1) is 22.3 Å². The lowest BCUT2D eigenvalue weighted by Gasteiger charge is -2.41. The van der Waals surface area contributed by atoms with Crippen molar-refractivity contribution in [3.8, 4) is 78.8 Å². The topological polar surface area (TPSA) is 47.9 Å². The van der Waals surface area contributed by atoms with E-state index in [9.17, 15) is 0 Å². The fourth-order valence-corrected chi connectivity index (χ4v) is 9.71. The van der Waals surface area contributed by atoms with Gasteiger partial charge in [0.2, 0.25) is 0 Å². The molecule has 0 atom stereocenters. The number of hydrogen-bond acceptors (Lipinski definition) is 4. The van der Waals surface area contributed by atoms with Gasteiger partial charge in [-0.1, -0.05) is 218 Å². The highest BCUT2D eigenvalue weighted by Crippen LogP contribution is 2.56. The van der Waals surface area contributed by atoms with Crippen LogP contribution in [-0.4, -0.2) is 15.0 Å². The summed E-state index contributed by atoms with van der Waals surface area (Å²) >= 11 is 0. The van der Waals surface area contributed by atoms with Gasteiger partial charge in [-0.25, -0.2) is 9.97 Å². The molecule has 310 valence electrons. The zero-order chi connectivity index (χ0) is 43.9. The van der Waals surface area contributed by atoms with Crippen molar-refractivity contribution in [2.24, 2.45) is 0 Å². The highest BCUT2D eigenvalue weighted by atomic mass is 16.5. The quantitative estimate of drug-likeness (QED) is 0.153. The van der Waals surface area contributed by atoms with Gasteiger partial charge in [-0.05, 0) is 63.2 Å². The predicted octanol–water partition coefficient (Wildman–Crippen LogP) is 15.5. The van der Waals surface area contributed by atoms with E-state index < -0.39 is 5.41 Å². The Labute approximate surface area is 384 Å². The Bertz CT molecular complexity index is 3370. The van der Waals surface area contributed by atoms with Crippen LogP contribution in [0.1, 0.15) is 22.3 Å². The van der Waals surface area contributed by atoms with Gasteiger partial charge >= 0.3 is 0 Å². The molecule has 2 aromatic heterocycles. The maximum atomic E-state index is 7.18. The second-order valence-electron chi connectivity index (χ2n) is 16.7. The fraction of sp³-hybridized carbons (Fsp3) is 0.0161. The molecular weight excluding hydrogens is 803 g/mol. The van der Waals surface area contributed by atoms with Crippen molar-refractivity contribution in [2.45, 2.75) is 5.41 Å². The lowest BCUT2D eigenvalue weighted by atomic mass is 9.63. The minimum atomic E-state index is -0.700. The first-order valence-corrected chi connectivity index (χ1v) is 22.3. The van der Waals surface area contributed by atoms with Crippen LogP contribution >= 0.6 is 0 Å². The molecule has 0 aliphatic carbocycles. The van der Waals surface area contributed by atoms with Gasteiger partial charge in [-0.2, -0.15) is 0 Å². The van der Waals surface area contributed by atoms with Gasteiger partial charge in [-0.3, -0.25) is 4.98 Å². The predicted molar refractivity (Wildman–Crippen MR) is 268 cm³/mol. The van der Waals surface area contributed by atoms with Gasteiger partial charge in [0.1, 0.15) is 11.5 Å². The Balaban J connectivity index is 1.04. The number of aromatic nitrogens is 3. The molecule has 4 heteroatoms. The van der Waals surface area contributed by atoms with E-state index in [1.807, 2.05) is 24.4 Å². The first-order chi connectivity index (χ1) is 32.7. The Morgan fingerprint density at radius 2 is 0.773 bits per heavy atom.